The Hall–Kier alpha value is -2.53. The molecule has 5 nitrogen and oxygen atoms in total. The number of carbonyl (C=O) groups excluding carboxylic acids is 1. The molecule has 0 saturated carbocycles. The van der Waals surface area contributed by atoms with Crippen molar-refractivity contribution in [3.63, 3.8) is 0 Å². The molecule has 0 saturated heterocycles. The molecule has 2 rings (SSSR count). The van der Waals surface area contributed by atoms with Gasteiger partial charge in [-0.3, -0.25) is 4.79 Å². The number of ether oxygens (including phenoxy) is 3. The van der Waals surface area contributed by atoms with E-state index >= 15 is 0 Å². The molecule has 0 spiro atoms. The van der Waals surface area contributed by atoms with Gasteiger partial charge < -0.3 is 19.5 Å². The molecule has 0 aliphatic heterocycles. The molecule has 1 amide bonds. The fourth-order valence-electron chi connectivity index (χ4n) is 2.09. The average Bonchev–Trinajstić information content (AvgIpc) is 2.62. The van der Waals surface area contributed by atoms with Crippen molar-refractivity contribution in [1.82, 2.24) is 5.32 Å². The molecule has 1 N–H and O–H groups in total. The molecule has 0 heterocycles. The minimum Gasteiger partial charge on any atom is -0.497 e. The molecule has 1 atom stereocenters. The van der Waals surface area contributed by atoms with Gasteiger partial charge in [-0.1, -0.05) is 36.4 Å². The second kappa shape index (κ2) is 9.57. The number of methoxy groups -OCH3 is 1. The van der Waals surface area contributed by atoms with Crippen LogP contribution in [0, 0.1) is 0 Å². The SMILES string of the molecule is COc1cccc(O[C@H](C)C(=O)NCCOCc2ccccc2)c1. The fraction of sp³-hybridized carbons (Fsp3) is 0.316. The van der Waals surface area contributed by atoms with E-state index in [9.17, 15) is 4.79 Å². The first-order valence-corrected chi connectivity index (χ1v) is 7.89. The summed E-state index contributed by atoms with van der Waals surface area (Å²) in [7, 11) is 1.59. The Morgan fingerprint density at radius 1 is 1.08 bits per heavy atom. The predicted octanol–water partition coefficient (Wildman–Crippen LogP) is 2.80. The van der Waals surface area contributed by atoms with Crippen molar-refractivity contribution in [2.75, 3.05) is 20.3 Å². The summed E-state index contributed by atoms with van der Waals surface area (Å²) in [4.78, 5) is 12.0. The van der Waals surface area contributed by atoms with Crippen molar-refractivity contribution in [2.45, 2.75) is 19.6 Å². The summed E-state index contributed by atoms with van der Waals surface area (Å²) in [5.41, 5.74) is 1.11. The number of amides is 1. The van der Waals surface area contributed by atoms with Crippen molar-refractivity contribution in [3.8, 4) is 11.5 Å². The van der Waals surface area contributed by atoms with Crippen LogP contribution in [0.15, 0.2) is 54.6 Å². The molecule has 0 radical (unpaired) electrons. The van der Waals surface area contributed by atoms with Gasteiger partial charge >= 0.3 is 0 Å². The van der Waals surface area contributed by atoms with Gasteiger partial charge in [-0.05, 0) is 24.6 Å². The summed E-state index contributed by atoms with van der Waals surface area (Å²) in [6.07, 6.45) is -0.591. The first kappa shape index (κ1) is 17.8. The van der Waals surface area contributed by atoms with Crippen LogP contribution in [0.25, 0.3) is 0 Å². The zero-order valence-electron chi connectivity index (χ0n) is 14.0. The van der Waals surface area contributed by atoms with Gasteiger partial charge in [-0.2, -0.15) is 0 Å². The van der Waals surface area contributed by atoms with Crippen LogP contribution in [0.1, 0.15) is 12.5 Å². The Bertz CT molecular complexity index is 630. The topological polar surface area (TPSA) is 56.8 Å². The molecule has 2 aromatic rings. The highest BCUT2D eigenvalue weighted by molar-refractivity contribution is 5.80. The van der Waals surface area contributed by atoms with Crippen LogP contribution in [0.5, 0.6) is 11.5 Å². The normalized spacial score (nSPS) is 11.6. The summed E-state index contributed by atoms with van der Waals surface area (Å²) < 4.78 is 16.3. The van der Waals surface area contributed by atoms with Gasteiger partial charge in [-0.15, -0.1) is 0 Å². The highest BCUT2D eigenvalue weighted by atomic mass is 16.5. The Kier molecular flexibility index (Phi) is 7.11. The van der Waals surface area contributed by atoms with Gasteiger partial charge in [-0.25, -0.2) is 0 Å². The molecule has 2 aromatic carbocycles. The van der Waals surface area contributed by atoms with Crippen LogP contribution in [-0.4, -0.2) is 32.3 Å². The van der Waals surface area contributed by atoms with E-state index in [-0.39, 0.29) is 5.91 Å². The number of hydrogen-bond acceptors (Lipinski definition) is 4. The maximum Gasteiger partial charge on any atom is 0.260 e. The smallest absolute Gasteiger partial charge is 0.260 e. The van der Waals surface area contributed by atoms with Crippen LogP contribution in [-0.2, 0) is 16.1 Å². The standard InChI is InChI=1S/C19H23NO4/c1-15(24-18-10-6-9-17(13-18)22-2)19(21)20-11-12-23-14-16-7-4-3-5-8-16/h3-10,13,15H,11-12,14H2,1-2H3,(H,20,21)/t15-/m1/s1. The van der Waals surface area contributed by atoms with Crippen molar-refractivity contribution in [2.24, 2.45) is 0 Å². The maximum atomic E-state index is 12.0. The van der Waals surface area contributed by atoms with E-state index in [1.807, 2.05) is 42.5 Å². The molecule has 0 fully saturated rings. The van der Waals surface area contributed by atoms with E-state index in [2.05, 4.69) is 5.32 Å². The molecule has 0 aromatic heterocycles. The van der Waals surface area contributed by atoms with Gasteiger partial charge in [0.25, 0.3) is 5.91 Å². The third-order valence-corrected chi connectivity index (χ3v) is 3.38. The van der Waals surface area contributed by atoms with Crippen molar-refractivity contribution < 1.29 is 19.0 Å². The van der Waals surface area contributed by atoms with Crippen LogP contribution < -0.4 is 14.8 Å². The minimum absolute atomic E-state index is 0.180. The first-order chi connectivity index (χ1) is 11.7. The lowest BCUT2D eigenvalue weighted by Gasteiger charge is -2.15. The number of rotatable bonds is 9. The molecule has 5 heteroatoms. The monoisotopic (exact) mass is 329 g/mol. The first-order valence-electron chi connectivity index (χ1n) is 7.89. The van der Waals surface area contributed by atoms with Crippen molar-refractivity contribution in [1.29, 1.82) is 0 Å². The third-order valence-electron chi connectivity index (χ3n) is 3.38. The zero-order valence-corrected chi connectivity index (χ0v) is 14.0. The van der Waals surface area contributed by atoms with Gasteiger partial charge in [0.05, 0.1) is 20.3 Å². The number of benzene rings is 2. The number of carbonyl (C=O) groups is 1. The molecular formula is C19H23NO4. The summed E-state index contributed by atoms with van der Waals surface area (Å²) in [6, 6.07) is 17.1. The van der Waals surface area contributed by atoms with Crippen molar-refractivity contribution >= 4 is 5.91 Å². The van der Waals surface area contributed by atoms with E-state index in [1.165, 1.54) is 0 Å². The Morgan fingerprint density at radius 3 is 2.58 bits per heavy atom. The lowest BCUT2D eigenvalue weighted by Crippen LogP contribution is -2.38. The Labute approximate surface area is 142 Å². The third kappa shape index (κ3) is 5.93. The fourth-order valence-corrected chi connectivity index (χ4v) is 2.09. The Morgan fingerprint density at radius 2 is 1.83 bits per heavy atom. The molecule has 0 bridgehead atoms. The quantitative estimate of drug-likeness (QED) is 0.719. The van der Waals surface area contributed by atoms with Gasteiger partial charge in [0.2, 0.25) is 0 Å². The highest BCUT2D eigenvalue weighted by Crippen LogP contribution is 2.19. The van der Waals surface area contributed by atoms with E-state index in [0.29, 0.717) is 31.3 Å². The largest absolute Gasteiger partial charge is 0.497 e. The Balaban J connectivity index is 1.66. The lowest BCUT2D eigenvalue weighted by atomic mass is 10.2. The van der Waals surface area contributed by atoms with E-state index in [1.54, 1.807) is 26.2 Å². The van der Waals surface area contributed by atoms with Crippen molar-refractivity contribution in [3.05, 3.63) is 60.2 Å². The summed E-state index contributed by atoms with van der Waals surface area (Å²) in [6.45, 7) is 3.14. The molecule has 24 heavy (non-hydrogen) atoms. The molecule has 0 aliphatic carbocycles. The summed E-state index contributed by atoms with van der Waals surface area (Å²) in [5.74, 6) is 1.10. The second-order valence-electron chi connectivity index (χ2n) is 5.27. The average molecular weight is 329 g/mol. The summed E-state index contributed by atoms with van der Waals surface area (Å²) in [5, 5.41) is 2.80. The minimum atomic E-state index is -0.591. The van der Waals surface area contributed by atoms with Crippen LogP contribution in [0.4, 0.5) is 0 Å². The summed E-state index contributed by atoms with van der Waals surface area (Å²) >= 11 is 0. The van der Waals surface area contributed by atoms with Crippen LogP contribution >= 0.6 is 0 Å². The number of hydrogen-bond donors (Lipinski definition) is 1. The van der Waals surface area contributed by atoms with E-state index in [0.717, 1.165) is 5.56 Å². The van der Waals surface area contributed by atoms with Gasteiger partial charge in [0.15, 0.2) is 6.10 Å². The maximum absolute atomic E-state index is 12.0. The second-order valence-corrected chi connectivity index (χ2v) is 5.27. The lowest BCUT2D eigenvalue weighted by molar-refractivity contribution is -0.127. The number of nitrogens with one attached hydrogen (secondary N) is 1. The predicted molar refractivity (Wildman–Crippen MR) is 92.2 cm³/mol. The van der Waals surface area contributed by atoms with Crippen LogP contribution in [0.3, 0.4) is 0 Å². The van der Waals surface area contributed by atoms with Gasteiger partial charge in [0.1, 0.15) is 11.5 Å². The van der Waals surface area contributed by atoms with E-state index in [4.69, 9.17) is 14.2 Å². The molecule has 128 valence electrons. The van der Waals surface area contributed by atoms with E-state index < -0.39 is 6.10 Å². The van der Waals surface area contributed by atoms with Crippen LogP contribution in [0.2, 0.25) is 0 Å². The zero-order chi connectivity index (χ0) is 17.2. The highest BCUT2D eigenvalue weighted by Gasteiger charge is 2.14. The molecular weight excluding hydrogens is 306 g/mol. The van der Waals surface area contributed by atoms with Gasteiger partial charge in [0, 0.05) is 12.6 Å². The molecule has 0 aliphatic rings. The molecule has 0 unspecified atom stereocenters.